The number of nitrogens with two attached hydrogens (primary N) is 1. The summed E-state index contributed by atoms with van der Waals surface area (Å²) in [5.41, 5.74) is 6.23. The molecule has 7 nitrogen and oxygen atoms in total. The average molecular weight is 333 g/mol. The Morgan fingerprint density at radius 1 is 1.21 bits per heavy atom. The van der Waals surface area contributed by atoms with E-state index in [9.17, 15) is 4.39 Å². The lowest BCUT2D eigenvalue weighted by Crippen LogP contribution is -2.51. The van der Waals surface area contributed by atoms with Gasteiger partial charge < -0.3 is 25.4 Å². The molecule has 0 amide bonds. The van der Waals surface area contributed by atoms with Crippen molar-refractivity contribution in [1.82, 2.24) is 15.3 Å². The first-order chi connectivity index (χ1) is 11.6. The van der Waals surface area contributed by atoms with Crippen molar-refractivity contribution in [2.24, 2.45) is 0 Å². The number of benzene rings is 1. The number of nitrogens with one attached hydrogen (secondary N) is 1. The Labute approximate surface area is 139 Å². The van der Waals surface area contributed by atoms with Gasteiger partial charge in [0, 0.05) is 30.6 Å². The third kappa shape index (κ3) is 2.29. The Hall–Kier alpha value is -2.35. The van der Waals surface area contributed by atoms with Crippen LogP contribution in [-0.2, 0) is 0 Å². The molecule has 1 aromatic heterocycles. The highest BCUT2D eigenvalue weighted by Gasteiger charge is 2.33. The summed E-state index contributed by atoms with van der Waals surface area (Å²) in [6.45, 7) is 1.60. The van der Waals surface area contributed by atoms with Gasteiger partial charge in [-0.1, -0.05) is 0 Å². The molecule has 128 valence electrons. The van der Waals surface area contributed by atoms with E-state index < -0.39 is 5.82 Å². The van der Waals surface area contributed by atoms with Crippen molar-refractivity contribution in [3.05, 3.63) is 11.9 Å². The summed E-state index contributed by atoms with van der Waals surface area (Å²) in [5, 5.41) is 3.97. The van der Waals surface area contributed by atoms with Crippen molar-refractivity contribution in [2.45, 2.75) is 24.9 Å². The summed E-state index contributed by atoms with van der Waals surface area (Å²) in [7, 11) is 2.84. The topological polar surface area (TPSA) is 85.5 Å². The van der Waals surface area contributed by atoms with Gasteiger partial charge in [0.2, 0.25) is 5.95 Å². The van der Waals surface area contributed by atoms with Gasteiger partial charge in [0.25, 0.3) is 0 Å². The summed E-state index contributed by atoms with van der Waals surface area (Å²) in [6.07, 6.45) is 2.28. The molecule has 2 aliphatic heterocycles. The zero-order valence-corrected chi connectivity index (χ0v) is 13.7. The van der Waals surface area contributed by atoms with Gasteiger partial charge in [-0.15, -0.1) is 0 Å². The van der Waals surface area contributed by atoms with Gasteiger partial charge >= 0.3 is 0 Å². The van der Waals surface area contributed by atoms with Crippen LogP contribution < -0.4 is 25.4 Å². The Morgan fingerprint density at radius 3 is 2.54 bits per heavy atom. The quantitative estimate of drug-likeness (QED) is 0.876. The van der Waals surface area contributed by atoms with Crippen molar-refractivity contribution in [2.75, 3.05) is 37.9 Å². The van der Waals surface area contributed by atoms with Gasteiger partial charge in [-0.3, -0.25) is 0 Å². The molecule has 2 atom stereocenters. The van der Waals surface area contributed by atoms with Crippen molar-refractivity contribution >= 4 is 22.7 Å². The van der Waals surface area contributed by atoms with Crippen LogP contribution in [0.3, 0.4) is 0 Å². The molecule has 2 saturated heterocycles. The number of aromatic nitrogens is 2. The van der Waals surface area contributed by atoms with Crippen LogP contribution in [0.1, 0.15) is 12.8 Å². The summed E-state index contributed by atoms with van der Waals surface area (Å²) < 4.78 is 25.1. The Bertz CT molecular complexity index is 788. The van der Waals surface area contributed by atoms with Crippen molar-refractivity contribution < 1.29 is 13.9 Å². The van der Waals surface area contributed by atoms with Crippen LogP contribution in [0.4, 0.5) is 16.2 Å². The molecule has 0 saturated carbocycles. The van der Waals surface area contributed by atoms with Crippen LogP contribution in [0.25, 0.3) is 10.9 Å². The second-order valence-electron chi connectivity index (χ2n) is 6.27. The molecule has 3 N–H and O–H groups in total. The second kappa shape index (κ2) is 5.62. The second-order valence-corrected chi connectivity index (χ2v) is 6.27. The first-order valence-electron chi connectivity index (χ1n) is 7.99. The molecular formula is C16H20FN5O2. The van der Waals surface area contributed by atoms with Crippen LogP contribution in [0, 0.1) is 5.82 Å². The standard InChI is InChI=1S/C16H20FN5O2/c1-23-11-5-10-13(12(17)14(11)24-2)20-16(21-15(10)18)22-6-8-3-4-9(7-22)19-8/h5,8-9,19H,3-4,6-7H2,1-2H3,(H2,18,20,21). The van der Waals surface area contributed by atoms with Crippen LogP contribution in [0.2, 0.25) is 0 Å². The Kier molecular flexibility index (Phi) is 3.56. The minimum absolute atomic E-state index is 0.0226. The molecule has 2 unspecified atom stereocenters. The van der Waals surface area contributed by atoms with Gasteiger partial charge in [-0.05, 0) is 18.9 Å². The number of hydrogen-bond donors (Lipinski definition) is 2. The lowest BCUT2D eigenvalue weighted by Gasteiger charge is -2.33. The van der Waals surface area contributed by atoms with E-state index in [2.05, 4.69) is 20.2 Å². The highest BCUT2D eigenvalue weighted by atomic mass is 19.1. The van der Waals surface area contributed by atoms with E-state index in [-0.39, 0.29) is 22.8 Å². The average Bonchev–Trinajstić information content (AvgIpc) is 2.93. The van der Waals surface area contributed by atoms with Crippen LogP contribution in [-0.4, -0.2) is 49.4 Å². The summed E-state index contributed by atoms with van der Waals surface area (Å²) in [6, 6.07) is 2.47. The summed E-state index contributed by atoms with van der Waals surface area (Å²) >= 11 is 0. The predicted octanol–water partition coefficient (Wildman–Crippen LogP) is 1.31. The number of piperazine rings is 1. The predicted molar refractivity (Wildman–Crippen MR) is 89.2 cm³/mol. The molecule has 0 aliphatic carbocycles. The number of nitrogen functional groups attached to an aromatic ring is 1. The zero-order chi connectivity index (χ0) is 16.8. The maximum Gasteiger partial charge on any atom is 0.228 e. The third-order valence-electron chi connectivity index (χ3n) is 4.79. The van der Waals surface area contributed by atoms with E-state index in [0.717, 1.165) is 25.9 Å². The van der Waals surface area contributed by atoms with Crippen molar-refractivity contribution in [3.8, 4) is 11.5 Å². The molecule has 2 aromatic rings. The highest BCUT2D eigenvalue weighted by Crippen LogP contribution is 2.37. The first-order valence-corrected chi connectivity index (χ1v) is 7.99. The molecule has 2 fully saturated rings. The maximum absolute atomic E-state index is 14.8. The van der Waals surface area contributed by atoms with E-state index in [4.69, 9.17) is 15.2 Å². The molecular weight excluding hydrogens is 313 g/mol. The highest BCUT2D eigenvalue weighted by molar-refractivity contribution is 5.92. The molecule has 3 heterocycles. The fraction of sp³-hybridized carbons (Fsp3) is 0.500. The minimum Gasteiger partial charge on any atom is -0.493 e. The van der Waals surface area contributed by atoms with Gasteiger partial charge in [-0.2, -0.15) is 4.98 Å². The molecule has 24 heavy (non-hydrogen) atoms. The van der Waals surface area contributed by atoms with E-state index in [1.54, 1.807) is 6.07 Å². The van der Waals surface area contributed by atoms with E-state index in [0.29, 0.717) is 23.4 Å². The number of anilines is 2. The number of nitrogens with zero attached hydrogens (tertiary/aromatic N) is 3. The largest absolute Gasteiger partial charge is 0.493 e. The fourth-order valence-electron chi connectivity index (χ4n) is 3.64. The monoisotopic (exact) mass is 333 g/mol. The molecule has 0 radical (unpaired) electrons. The number of hydrogen-bond acceptors (Lipinski definition) is 7. The van der Waals surface area contributed by atoms with Gasteiger partial charge in [0.15, 0.2) is 17.3 Å². The van der Waals surface area contributed by atoms with Crippen molar-refractivity contribution in [3.63, 3.8) is 0 Å². The van der Waals surface area contributed by atoms with E-state index >= 15 is 0 Å². The first kappa shape index (κ1) is 15.2. The lowest BCUT2D eigenvalue weighted by molar-refractivity contribution is 0.339. The third-order valence-corrected chi connectivity index (χ3v) is 4.79. The van der Waals surface area contributed by atoms with Crippen LogP contribution >= 0.6 is 0 Å². The molecule has 8 heteroatoms. The normalized spacial score (nSPS) is 22.9. The number of halogens is 1. The molecule has 2 aliphatic rings. The molecule has 4 rings (SSSR count). The van der Waals surface area contributed by atoms with Gasteiger partial charge in [-0.25, -0.2) is 9.37 Å². The number of fused-ring (bicyclic) bond motifs is 3. The Balaban J connectivity index is 1.83. The fourth-order valence-corrected chi connectivity index (χ4v) is 3.64. The van der Waals surface area contributed by atoms with Crippen LogP contribution in [0.5, 0.6) is 11.5 Å². The number of rotatable bonds is 3. The smallest absolute Gasteiger partial charge is 0.228 e. The number of ether oxygens (including phenoxy) is 2. The maximum atomic E-state index is 14.8. The minimum atomic E-state index is -0.583. The van der Waals surface area contributed by atoms with E-state index in [1.807, 2.05) is 0 Å². The SMILES string of the molecule is COc1cc2c(N)nc(N3CC4CCC(C3)N4)nc2c(F)c1OC. The Morgan fingerprint density at radius 2 is 1.92 bits per heavy atom. The van der Waals surface area contributed by atoms with Gasteiger partial charge in [0.05, 0.1) is 14.2 Å². The molecule has 1 aromatic carbocycles. The van der Waals surface area contributed by atoms with Crippen LogP contribution in [0.15, 0.2) is 6.07 Å². The lowest BCUT2D eigenvalue weighted by atomic mass is 10.2. The summed E-state index contributed by atoms with van der Waals surface area (Å²) in [4.78, 5) is 10.9. The zero-order valence-electron chi connectivity index (χ0n) is 13.7. The number of methoxy groups -OCH3 is 2. The molecule has 2 bridgehead atoms. The summed E-state index contributed by atoms with van der Waals surface area (Å²) in [5.74, 6) is 0.408. The molecule has 0 spiro atoms. The van der Waals surface area contributed by atoms with E-state index in [1.165, 1.54) is 14.2 Å². The van der Waals surface area contributed by atoms with Gasteiger partial charge in [0.1, 0.15) is 11.3 Å². The van der Waals surface area contributed by atoms with Crippen molar-refractivity contribution in [1.29, 1.82) is 0 Å².